The maximum absolute atomic E-state index is 9.87. The van der Waals surface area contributed by atoms with E-state index in [4.69, 9.17) is 34.4 Å². The van der Waals surface area contributed by atoms with Gasteiger partial charge < -0.3 is 15.2 Å². The number of nitrogens with one attached hydrogen (secondary N) is 1. The number of aliphatic hydroxyl groups excluding tert-OH is 1. The van der Waals surface area contributed by atoms with E-state index in [0.717, 1.165) is 6.42 Å². The van der Waals surface area contributed by atoms with Crippen LogP contribution < -0.4 is 10.1 Å². The predicted octanol–water partition coefficient (Wildman–Crippen LogP) is 3.12. The molecule has 1 aromatic carbocycles. The van der Waals surface area contributed by atoms with Gasteiger partial charge in [0, 0.05) is 30.1 Å². The number of ether oxygens (including phenoxy) is 1. The SMILES string of the molecule is C#CCC(CC)NCC(O)COc1cc(Cl)ccc1Cl. The van der Waals surface area contributed by atoms with Crippen LogP contribution in [0.15, 0.2) is 18.2 Å². The summed E-state index contributed by atoms with van der Waals surface area (Å²) in [4.78, 5) is 0. The van der Waals surface area contributed by atoms with Crippen molar-refractivity contribution in [2.75, 3.05) is 13.2 Å². The fraction of sp³-hybridized carbons (Fsp3) is 0.467. The molecule has 0 bridgehead atoms. The molecule has 110 valence electrons. The third-order valence-corrected chi connectivity index (χ3v) is 3.37. The van der Waals surface area contributed by atoms with Gasteiger partial charge in [-0.1, -0.05) is 30.1 Å². The van der Waals surface area contributed by atoms with E-state index in [2.05, 4.69) is 11.2 Å². The van der Waals surface area contributed by atoms with Gasteiger partial charge in [0.25, 0.3) is 0 Å². The van der Waals surface area contributed by atoms with Crippen LogP contribution in [0.4, 0.5) is 0 Å². The summed E-state index contributed by atoms with van der Waals surface area (Å²) in [5.41, 5.74) is 0. The zero-order chi connectivity index (χ0) is 15.0. The summed E-state index contributed by atoms with van der Waals surface area (Å²) in [5, 5.41) is 14.1. The van der Waals surface area contributed by atoms with Crippen molar-refractivity contribution in [3.63, 3.8) is 0 Å². The van der Waals surface area contributed by atoms with Crippen molar-refractivity contribution in [3.8, 4) is 18.1 Å². The molecule has 5 heteroatoms. The van der Waals surface area contributed by atoms with E-state index in [1.807, 2.05) is 6.92 Å². The summed E-state index contributed by atoms with van der Waals surface area (Å²) < 4.78 is 5.46. The number of rotatable bonds is 8. The van der Waals surface area contributed by atoms with Crippen molar-refractivity contribution < 1.29 is 9.84 Å². The van der Waals surface area contributed by atoms with Gasteiger partial charge in [-0.15, -0.1) is 12.3 Å². The second kappa shape index (κ2) is 9.10. The first-order chi connectivity index (χ1) is 9.56. The van der Waals surface area contributed by atoms with Crippen molar-refractivity contribution in [3.05, 3.63) is 28.2 Å². The lowest BCUT2D eigenvalue weighted by Gasteiger charge is -2.18. The Hall–Kier alpha value is -0.920. The first-order valence-electron chi connectivity index (χ1n) is 6.49. The zero-order valence-corrected chi connectivity index (χ0v) is 12.9. The minimum absolute atomic E-state index is 0.138. The Labute approximate surface area is 130 Å². The maximum Gasteiger partial charge on any atom is 0.139 e. The molecule has 3 nitrogen and oxygen atoms in total. The molecule has 0 amide bonds. The van der Waals surface area contributed by atoms with E-state index in [0.29, 0.717) is 28.8 Å². The zero-order valence-electron chi connectivity index (χ0n) is 11.4. The van der Waals surface area contributed by atoms with Crippen LogP contribution in [0, 0.1) is 12.3 Å². The van der Waals surface area contributed by atoms with E-state index >= 15 is 0 Å². The lowest BCUT2D eigenvalue weighted by atomic mass is 10.1. The lowest BCUT2D eigenvalue weighted by molar-refractivity contribution is 0.103. The predicted molar refractivity (Wildman–Crippen MR) is 83.5 cm³/mol. The van der Waals surface area contributed by atoms with Crippen molar-refractivity contribution in [2.24, 2.45) is 0 Å². The van der Waals surface area contributed by atoms with Crippen LogP contribution in [0.5, 0.6) is 5.75 Å². The molecule has 0 aliphatic heterocycles. The van der Waals surface area contributed by atoms with Gasteiger partial charge in [-0.2, -0.15) is 0 Å². The Morgan fingerprint density at radius 3 is 2.85 bits per heavy atom. The second-order valence-electron chi connectivity index (χ2n) is 4.46. The molecule has 0 aromatic heterocycles. The summed E-state index contributed by atoms with van der Waals surface area (Å²) in [7, 11) is 0. The molecular weight excluding hydrogens is 297 g/mol. The molecule has 0 heterocycles. The average molecular weight is 316 g/mol. The third kappa shape index (κ3) is 6.02. The number of halogens is 2. The summed E-state index contributed by atoms with van der Waals surface area (Å²) in [6.07, 6.45) is 6.19. The molecule has 0 spiro atoms. The Morgan fingerprint density at radius 2 is 2.20 bits per heavy atom. The van der Waals surface area contributed by atoms with Crippen LogP contribution >= 0.6 is 23.2 Å². The quantitative estimate of drug-likeness (QED) is 0.724. The van der Waals surface area contributed by atoms with E-state index in [1.54, 1.807) is 18.2 Å². The van der Waals surface area contributed by atoms with Gasteiger partial charge in [0.1, 0.15) is 18.5 Å². The van der Waals surface area contributed by atoms with Gasteiger partial charge in [-0.25, -0.2) is 0 Å². The molecule has 0 fully saturated rings. The Kier molecular flexibility index (Phi) is 7.79. The lowest BCUT2D eigenvalue weighted by Crippen LogP contribution is -2.37. The van der Waals surface area contributed by atoms with Gasteiger partial charge in [0.2, 0.25) is 0 Å². The molecule has 2 atom stereocenters. The van der Waals surface area contributed by atoms with Gasteiger partial charge in [0.05, 0.1) is 5.02 Å². The molecule has 1 rings (SSSR count). The van der Waals surface area contributed by atoms with Crippen molar-refractivity contribution in [2.45, 2.75) is 31.9 Å². The number of hydrogen-bond acceptors (Lipinski definition) is 3. The molecule has 0 radical (unpaired) electrons. The number of benzene rings is 1. The van der Waals surface area contributed by atoms with Crippen molar-refractivity contribution in [1.29, 1.82) is 0 Å². The standard InChI is InChI=1S/C15H19Cl2NO2/c1-3-5-12(4-2)18-9-13(19)10-20-15-8-11(16)6-7-14(15)17/h1,6-8,12-13,18-19H,4-5,9-10H2,2H3. The van der Waals surface area contributed by atoms with Crippen LogP contribution in [-0.4, -0.2) is 30.4 Å². The van der Waals surface area contributed by atoms with E-state index in [1.165, 1.54) is 0 Å². The first kappa shape index (κ1) is 17.1. The topological polar surface area (TPSA) is 41.5 Å². The molecule has 0 aliphatic carbocycles. The Balaban J connectivity index is 2.38. The van der Waals surface area contributed by atoms with E-state index in [9.17, 15) is 5.11 Å². The summed E-state index contributed by atoms with van der Waals surface area (Å²) in [5.74, 6) is 3.07. The minimum atomic E-state index is -0.642. The molecular formula is C15H19Cl2NO2. The normalized spacial score (nSPS) is 13.6. The van der Waals surface area contributed by atoms with E-state index in [-0.39, 0.29) is 12.6 Å². The molecule has 0 saturated heterocycles. The molecule has 2 unspecified atom stereocenters. The van der Waals surface area contributed by atoms with E-state index < -0.39 is 6.10 Å². The fourth-order valence-corrected chi connectivity index (χ4v) is 1.97. The summed E-state index contributed by atoms with van der Waals surface area (Å²) in [6, 6.07) is 5.17. The van der Waals surface area contributed by atoms with Crippen molar-refractivity contribution in [1.82, 2.24) is 5.32 Å². The monoisotopic (exact) mass is 315 g/mol. The number of terminal acetylenes is 1. The largest absolute Gasteiger partial charge is 0.489 e. The average Bonchev–Trinajstić information content (AvgIpc) is 2.44. The van der Waals surface area contributed by atoms with Crippen LogP contribution in [0.25, 0.3) is 0 Å². The van der Waals surface area contributed by atoms with Crippen LogP contribution in [0.3, 0.4) is 0 Å². The van der Waals surface area contributed by atoms with Gasteiger partial charge in [-0.3, -0.25) is 0 Å². The highest BCUT2D eigenvalue weighted by atomic mass is 35.5. The maximum atomic E-state index is 9.87. The highest BCUT2D eigenvalue weighted by Gasteiger charge is 2.10. The smallest absolute Gasteiger partial charge is 0.139 e. The van der Waals surface area contributed by atoms with Crippen molar-refractivity contribution >= 4 is 23.2 Å². The molecule has 1 aromatic rings. The summed E-state index contributed by atoms with van der Waals surface area (Å²) >= 11 is 11.8. The minimum Gasteiger partial charge on any atom is -0.489 e. The molecule has 2 N–H and O–H groups in total. The number of hydrogen-bond donors (Lipinski definition) is 2. The highest BCUT2D eigenvalue weighted by Crippen LogP contribution is 2.27. The third-order valence-electron chi connectivity index (χ3n) is 2.82. The van der Waals surface area contributed by atoms with Crippen LogP contribution in [0.2, 0.25) is 10.0 Å². The molecule has 20 heavy (non-hydrogen) atoms. The molecule has 0 saturated carbocycles. The summed E-state index contributed by atoms with van der Waals surface area (Å²) in [6.45, 7) is 2.60. The molecule has 0 aliphatic rings. The van der Waals surface area contributed by atoms with Gasteiger partial charge >= 0.3 is 0 Å². The fourth-order valence-electron chi connectivity index (χ4n) is 1.64. The van der Waals surface area contributed by atoms with Gasteiger partial charge in [-0.05, 0) is 18.6 Å². The van der Waals surface area contributed by atoms with Gasteiger partial charge in [0.15, 0.2) is 0 Å². The highest BCUT2D eigenvalue weighted by molar-refractivity contribution is 6.34. The van der Waals surface area contributed by atoms with Crippen LogP contribution in [0.1, 0.15) is 19.8 Å². The Bertz CT molecular complexity index is 460. The Morgan fingerprint density at radius 1 is 1.45 bits per heavy atom. The number of aliphatic hydroxyl groups is 1. The first-order valence-corrected chi connectivity index (χ1v) is 7.25. The second-order valence-corrected chi connectivity index (χ2v) is 5.30. The van der Waals surface area contributed by atoms with Crippen LogP contribution in [-0.2, 0) is 0 Å².